The van der Waals surface area contributed by atoms with Crippen molar-refractivity contribution < 1.29 is 4.79 Å². The number of hydrogen-bond acceptors (Lipinski definition) is 1. The quantitative estimate of drug-likeness (QED) is 0.548. The summed E-state index contributed by atoms with van der Waals surface area (Å²) in [6.45, 7) is 7.62. The maximum absolute atomic E-state index is 10.9. The molecule has 0 aromatic heterocycles. The summed E-state index contributed by atoms with van der Waals surface area (Å²) in [7, 11) is 0. The zero-order chi connectivity index (χ0) is 9.40. The molecule has 0 saturated carbocycles. The fourth-order valence-corrected chi connectivity index (χ4v) is 1.39. The number of rotatable bonds is 0. The normalized spacial score (nSPS) is 17.4. The number of carbonyl (C=O) groups is 1. The molecule has 0 aromatic carbocycles. The number of hydrogen-bond donors (Lipinski definition) is 0. The van der Waals surface area contributed by atoms with Gasteiger partial charge in [0, 0.05) is 20.0 Å². The fraction of sp³-hybridized carbons (Fsp3) is 0.900. The predicted octanol–water partition coefficient (Wildman–Crippen LogP) is 2.44. The number of amides is 1. The molecule has 72 valence electrons. The molecule has 0 aromatic rings. The van der Waals surface area contributed by atoms with Crippen molar-refractivity contribution in [2.24, 2.45) is 0 Å². The van der Waals surface area contributed by atoms with Crippen LogP contribution in [-0.4, -0.2) is 23.9 Å². The summed E-state index contributed by atoms with van der Waals surface area (Å²) in [6.07, 6.45) is 4.98. The largest absolute Gasteiger partial charge is 0.343 e. The van der Waals surface area contributed by atoms with Crippen molar-refractivity contribution >= 4 is 5.91 Å². The smallest absolute Gasteiger partial charge is 0.219 e. The molecular weight excluding hydrogens is 150 g/mol. The van der Waals surface area contributed by atoms with Crippen LogP contribution in [0.1, 0.15) is 46.5 Å². The molecule has 2 heteroatoms. The highest BCUT2D eigenvalue weighted by atomic mass is 16.2. The van der Waals surface area contributed by atoms with Gasteiger partial charge in [-0.2, -0.15) is 0 Å². The summed E-state index contributed by atoms with van der Waals surface area (Å²) in [4.78, 5) is 12.8. The van der Waals surface area contributed by atoms with Crippen LogP contribution in [0.4, 0.5) is 0 Å². The van der Waals surface area contributed by atoms with Crippen LogP contribution in [0.3, 0.4) is 0 Å². The first-order valence-electron chi connectivity index (χ1n) is 5.06. The molecule has 0 atom stereocenters. The zero-order valence-electron chi connectivity index (χ0n) is 8.60. The molecule has 1 heterocycles. The standard InChI is InChI=1S/C8H15NO.C2H6/c1-8(10)9-6-4-2-3-5-7-9;1-2/h2-7H2,1H3;1-2H3. The van der Waals surface area contributed by atoms with E-state index in [0.29, 0.717) is 0 Å². The van der Waals surface area contributed by atoms with Crippen LogP contribution in [0.25, 0.3) is 0 Å². The summed E-state index contributed by atoms with van der Waals surface area (Å²) in [5, 5.41) is 0. The van der Waals surface area contributed by atoms with Gasteiger partial charge in [-0.3, -0.25) is 4.79 Å². The van der Waals surface area contributed by atoms with Crippen LogP contribution in [0.2, 0.25) is 0 Å². The molecule has 1 aliphatic heterocycles. The number of nitrogens with zero attached hydrogens (tertiary/aromatic N) is 1. The van der Waals surface area contributed by atoms with Gasteiger partial charge in [0.15, 0.2) is 0 Å². The molecule has 0 N–H and O–H groups in total. The minimum atomic E-state index is 0.238. The molecule has 0 aliphatic carbocycles. The Morgan fingerprint density at radius 2 is 1.42 bits per heavy atom. The van der Waals surface area contributed by atoms with Crippen molar-refractivity contribution in [1.82, 2.24) is 4.90 Å². The molecule has 1 rings (SSSR count). The monoisotopic (exact) mass is 171 g/mol. The second-order valence-corrected chi connectivity index (χ2v) is 2.92. The Labute approximate surface area is 75.9 Å². The highest BCUT2D eigenvalue weighted by molar-refractivity contribution is 5.73. The molecule has 12 heavy (non-hydrogen) atoms. The van der Waals surface area contributed by atoms with E-state index in [1.54, 1.807) is 6.92 Å². The van der Waals surface area contributed by atoms with Crippen LogP contribution in [0.15, 0.2) is 0 Å². The van der Waals surface area contributed by atoms with Gasteiger partial charge >= 0.3 is 0 Å². The van der Waals surface area contributed by atoms with E-state index >= 15 is 0 Å². The van der Waals surface area contributed by atoms with Gasteiger partial charge in [-0.05, 0) is 12.8 Å². The molecule has 1 aliphatic rings. The van der Waals surface area contributed by atoms with Crippen molar-refractivity contribution in [3.05, 3.63) is 0 Å². The molecule has 0 spiro atoms. The fourth-order valence-electron chi connectivity index (χ4n) is 1.39. The van der Waals surface area contributed by atoms with Crippen LogP contribution in [0, 0.1) is 0 Å². The average molecular weight is 171 g/mol. The van der Waals surface area contributed by atoms with E-state index in [2.05, 4.69) is 0 Å². The Hall–Kier alpha value is -0.530. The van der Waals surface area contributed by atoms with Gasteiger partial charge in [-0.1, -0.05) is 26.7 Å². The lowest BCUT2D eigenvalue weighted by Gasteiger charge is -2.17. The van der Waals surface area contributed by atoms with Gasteiger partial charge in [-0.15, -0.1) is 0 Å². The summed E-state index contributed by atoms with van der Waals surface area (Å²) in [5.41, 5.74) is 0. The maximum atomic E-state index is 10.9. The van der Waals surface area contributed by atoms with E-state index in [-0.39, 0.29) is 5.91 Å². The van der Waals surface area contributed by atoms with E-state index < -0.39 is 0 Å². The van der Waals surface area contributed by atoms with Gasteiger partial charge in [0.25, 0.3) is 0 Å². The Kier molecular flexibility index (Phi) is 6.82. The third-order valence-electron chi connectivity index (χ3n) is 2.05. The molecular formula is C10H21NO. The van der Waals surface area contributed by atoms with Gasteiger partial charge < -0.3 is 4.90 Å². The average Bonchev–Trinajstić information content (AvgIpc) is 2.35. The van der Waals surface area contributed by atoms with Crippen molar-refractivity contribution in [3.63, 3.8) is 0 Å². The summed E-state index contributed by atoms with van der Waals surface area (Å²) < 4.78 is 0. The van der Waals surface area contributed by atoms with Gasteiger partial charge in [0.1, 0.15) is 0 Å². The number of likely N-dealkylation sites (tertiary alicyclic amines) is 1. The second-order valence-electron chi connectivity index (χ2n) is 2.92. The molecule has 1 amide bonds. The zero-order valence-corrected chi connectivity index (χ0v) is 8.60. The lowest BCUT2D eigenvalue weighted by molar-refractivity contribution is -0.128. The lowest BCUT2D eigenvalue weighted by atomic mass is 10.2. The van der Waals surface area contributed by atoms with Crippen LogP contribution in [-0.2, 0) is 4.79 Å². The van der Waals surface area contributed by atoms with Crippen molar-refractivity contribution in [2.75, 3.05) is 13.1 Å². The first kappa shape index (κ1) is 11.5. The highest BCUT2D eigenvalue weighted by Crippen LogP contribution is 2.08. The molecule has 2 nitrogen and oxygen atoms in total. The SMILES string of the molecule is CC.CC(=O)N1CCCCCC1. The molecule has 0 radical (unpaired) electrons. The van der Waals surface area contributed by atoms with E-state index in [0.717, 1.165) is 13.1 Å². The molecule has 0 unspecified atom stereocenters. The maximum Gasteiger partial charge on any atom is 0.219 e. The Balaban J connectivity index is 0.000000561. The number of carbonyl (C=O) groups excluding carboxylic acids is 1. The third kappa shape index (κ3) is 4.37. The lowest BCUT2D eigenvalue weighted by Crippen LogP contribution is -2.29. The Morgan fingerprint density at radius 3 is 1.75 bits per heavy atom. The Morgan fingerprint density at radius 1 is 1.00 bits per heavy atom. The summed E-state index contributed by atoms with van der Waals surface area (Å²) in [5.74, 6) is 0.238. The van der Waals surface area contributed by atoms with E-state index in [9.17, 15) is 4.79 Å². The summed E-state index contributed by atoms with van der Waals surface area (Å²) in [6, 6.07) is 0. The summed E-state index contributed by atoms with van der Waals surface area (Å²) >= 11 is 0. The minimum absolute atomic E-state index is 0.238. The van der Waals surface area contributed by atoms with Crippen LogP contribution < -0.4 is 0 Å². The van der Waals surface area contributed by atoms with Crippen LogP contribution in [0.5, 0.6) is 0 Å². The van der Waals surface area contributed by atoms with Gasteiger partial charge in [0.05, 0.1) is 0 Å². The third-order valence-corrected chi connectivity index (χ3v) is 2.05. The minimum Gasteiger partial charge on any atom is -0.343 e. The van der Waals surface area contributed by atoms with Crippen LogP contribution >= 0.6 is 0 Å². The van der Waals surface area contributed by atoms with Crippen molar-refractivity contribution in [3.8, 4) is 0 Å². The second kappa shape index (κ2) is 7.14. The highest BCUT2D eigenvalue weighted by Gasteiger charge is 2.09. The van der Waals surface area contributed by atoms with Crippen molar-refractivity contribution in [1.29, 1.82) is 0 Å². The topological polar surface area (TPSA) is 20.3 Å². The van der Waals surface area contributed by atoms with Gasteiger partial charge in [0.2, 0.25) is 5.91 Å². The van der Waals surface area contributed by atoms with E-state index in [1.165, 1.54) is 25.7 Å². The molecule has 1 saturated heterocycles. The molecule has 1 fully saturated rings. The van der Waals surface area contributed by atoms with Gasteiger partial charge in [-0.25, -0.2) is 0 Å². The first-order valence-corrected chi connectivity index (χ1v) is 5.06. The van der Waals surface area contributed by atoms with E-state index in [1.807, 2.05) is 18.7 Å². The molecule has 0 bridgehead atoms. The first-order chi connectivity index (χ1) is 5.80. The van der Waals surface area contributed by atoms with E-state index in [4.69, 9.17) is 0 Å². The predicted molar refractivity (Wildman–Crippen MR) is 52.1 cm³/mol. The Bertz CT molecular complexity index is 115. The van der Waals surface area contributed by atoms with Crippen molar-refractivity contribution in [2.45, 2.75) is 46.5 Å².